The van der Waals surface area contributed by atoms with Crippen LogP contribution in [0.4, 0.5) is 0 Å². The fraction of sp³-hybridized carbons (Fsp3) is 0.619. The van der Waals surface area contributed by atoms with Crippen LogP contribution < -0.4 is 10.6 Å². The summed E-state index contributed by atoms with van der Waals surface area (Å²) in [7, 11) is 0. The molecule has 7 heteroatoms. The Morgan fingerprint density at radius 2 is 2.00 bits per heavy atom. The van der Waals surface area contributed by atoms with Gasteiger partial charge in [0.05, 0.1) is 12.0 Å². The molecule has 0 aliphatic rings. The lowest BCUT2D eigenvalue weighted by Crippen LogP contribution is -2.39. The number of nitrogens with one attached hydrogen (secondary N) is 2. The molecule has 0 aliphatic carbocycles. The van der Waals surface area contributed by atoms with Gasteiger partial charge in [0.1, 0.15) is 12.3 Å². The molecule has 2 aromatic heterocycles. The SMILES string of the molecule is CCOCCCNC(=NCc1cc(C(CC)CC)no1)NCCc1ccco1. The maximum absolute atomic E-state index is 5.47. The van der Waals surface area contributed by atoms with E-state index >= 15 is 0 Å². The highest BCUT2D eigenvalue weighted by atomic mass is 16.5. The summed E-state index contributed by atoms with van der Waals surface area (Å²) in [4.78, 5) is 4.64. The third kappa shape index (κ3) is 7.76. The van der Waals surface area contributed by atoms with Gasteiger partial charge in [0, 0.05) is 44.7 Å². The summed E-state index contributed by atoms with van der Waals surface area (Å²) in [5, 5.41) is 10.9. The average Bonchev–Trinajstić information content (AvgIpc) is 3.39. The molecular formula is C21H34N4O3. The zero-order valence-electron chi connectivity index (χ0n) is 17.4. The fourth-order valence-corrected chi connectivity index (χ4v) is 2.92. The van der Waals surface area contributed by atoms with E-state index in [1.165, 1.54) is 0 Å². The summed E-state index contributed by atoms with van der Waals surface area (Å²) in [6.07, 6.45) is 5.54. The Morgan fingerprint density at radius 3 is 2.71 bits per heavy atom. The Morgan fingerprint density at radius 1 is 1.18 bits per heavy atom. The monoisotopic (exact) mass is 390 g/mol. The summed E-state index contributed by atoms with van der Waals surface area (Å²) in [6.45, 7) is 9.82. The van der Waals surface area contributed by atoms with Crippen molar-refractivity contribution in [2.45, 2.75) is 58.9 Å². The molecule has 0 aromatic carbocycles. The summed E-state index contributed by atoms with van der Waals surface area (Å²) >= 11 is 0. The fourth-order valence-electron chi connectivity index (χ4n) is 2.92. The van der Waals surface area contributed by atoms with E-state index in [1.54, 1.807) is 6.26 Å². The molecule has 2 rings (SSSR count). The van der Waals surface area contributed by atoms with Crippen LogP contribution in [-0.2, 0) is 17.7 Å². The first-order chi connectivity index (χ1) is 13.8. The molecule has 0 saturated carbocycles. The Kier molecular flexibility index (Phi) is 10.2. The van der Waals surface area contributed by atoms with Crippen molar-refractivity contribution in [1.82, 2.24) is 15.8 Å². The van der Waals surface area contributed by atoms with Crippen molar-refractivity contribution >= 4 is 5.96 Å². The van der Waals surface area contributed by atoms with Gasteiger partial charge in [0.15, 0.2) is 11.7 Å². The first-order valence-corrected chi connectivity index (χ1v) is 10.3. The molecule has 7 nitrogen and oxygen atoms in total. The molecule has 0 aliphatic heterocycles. The second-order valence-corrected chi connectivity index (χ2v) is 6.63. The largest absolute Gasteiger partial charge is 0.469 e. The van der Waals surface area contributed by atoms with Crippen LogP contribution in [0.25, 0.3) is 0 Å². The van der Waals surface area contributed by atoms with Gasteiger partial charge in [-0.05, 0) is 38.3 Å². The predicted molar refractivity (Wildman–Crippen MR) is 110 cm³/mol. The summed E-state index contributed by atoms with van der Waals surface area (Å²) in [6, 6.07) is 5.90. The zero-order chi connectivity index (χ0) is 20.0. The minimum atomic E-state index is 0.448. The van der Waals surface area contributed by atoms with E-state index in [0.29, 0.717) is 12.5 Å². The molecule has 2 aromatic rings. The van der Waals surface area contributed by atoms with Gasteiger partial charge in [-0.3, -0.25) is 0 Å². The third-order valence-electron chi connectivity index (χ3n) is 4.58. The van der Waals surface area contributed by atoms with Crippen molar-refractivity contribution in [3.05, 3.63) is 41.7 Å². The topological polar surface area (TPSA) is 84.8 Å². The van der Waals surface area contributed by atoms with Crippen LogP contribution in [0, 0.1) is 0 Å². The quantitative estimate of drug-likeness (QED) is 0.307. The smallest absolute Gasteiger partial charge is 0.191 e. The lowest BCUT2D eigenvalue weighted by atomic mass is 9.99. The molecule has 156 valence electrons. The highest BCUT2D eigenvalue weighted by Crippen LogP contribution is 2.22. The zero-order valence-corrected chi connectivity index (χ0v) is 17.4. The van der Waals surface area contributed by atoms with Crippen LogP contribution in [0.15, 0.2) is 38.4 Å². The number of furan rings is 1. The number of aliphatic imine (C=N–C) groups is 1. The minimum absolute atomic E-state index is 0.448. The highest BCUT2D eigenvalue weighted by Gasteiger charge is 2.12. The first kappa shape index (κ1) is 22.0. The molecule has 0 atom stereocenters. The second kappa shape index (κ2) is 13.0. The van der Waals surface area contributed by atoms with Crippen molar-refractivity contribution in [3.8, 4) is 0 Å². The lowest BCUT2D eigenvalue weighted by Gasteiger charge is -2.12. The van der Waals surface area contributed by atoms with E-state index in [4.69, 9.17) is 13.7 Å². The van der Waals surface area contributed by atoms with Crippen molar-refractivity contribution in [2.75, 3.05) is 26.3 Å². The van der Waals surface area contributed by atoms with Gasteiger partial charge in [-0.1, -0.05) is 19.0 Å². The van der Waals surface area contributed by atoms with Crippen LogP contribution in [0.3, 0.4) is 0 Å². The van der Waals surface area contributed by atoms with Crippen LogP contribution in [0.2, 0.25) is 0 Å². The number of hydrogen-bond donors (Lipinski definition) is 2. The maximum Gasteiger partial charge on any atom is 0.191 e. The summed E-state index contributed by atoms with van der Waals surface area (Å²) in [5.41, 5.74) is 1.02. The van der Waals surface area contributed by atoms with Crippen LogP contribution in [0.1, 0.15) is 63.2 Å². The van der Waals surface area contributed by atoms with E-state index in [2.05, 4.69) is 34.6 Å². The van der Waals surface area contributed by atoms with Crippen molar-refractivity contribution in [3.63, 3.8) is 0 Å². The summed E-state index contributed by atoms with van der Waals surface area (Å²) < 4.78 is 16.2. The van der Waals surface area contributed by atoms with Gasteiger partial charge in [0.25, 0.3) is 0 Å². The van der Waals surface area contributed by atoms with Gasteiger partial charge in [-0.15, -0.1) is 0 Å². The van der Waals surface area contributed by atoms with E-state index in [0.717, 1.165) is 75.2 Å². The maximum atomic E-state index is 5.47. The van der Waals surface area contributed by atoms with Gasteiger partial charge < -0.3 is 24.3 Å². The van der Waals surface area contributed by atoms with Crippen LogP contribution >= 0.6 is 0 Å². The van der Waals surface area contributed by atoms with Gasteiger partial charge in [0.2, 0.25) is 0 Å². The minimum Gasteiger partial charge on any atom is -0.469 e. The molecule has 0 bridgehead atoms. The Bertz CT molecular complexity index is 663. The standard InChI is InChI=1S/C21H34N4O3/c1-4-17(5-2)20-15-19(28-25-20)16-24-21(22-11-8-13-26-6-3)23-12-10-18-9-7-14-27-18/h7,9,14-15,17H,4-6,8,10-13,16H2,1-3H3,(H2,22,23,24). The molecular weight excluding hydrogens is 356 g/mol. The molecule has 2 N–H and O–H groups in total. The van der Waals surface area contributed by atoms with E-state index in [1.807, 2.05) is 25.1 Å². The predicted octanol–water partition coefficient (Wildman–Crippen LogP) is 3.88. The van der Waals surface area contributed by atoms with Gasteiger partial charge in [-0.2, -0.15) is 0 Å². The van der Waals surface area contributed by atoms with Crippen LogP contribution in [0.5, 0.6) is 0 Å². The van der Waals surface area contributed by atoms with Crippen molar-refractivity contribution < 1.29 is 13.7 Å². The molecule has 0 spiro atoms. The average molecular weight is 391 g/mol. The second-order valence-electron chi connectivity index (χ2n) is 6.63. The molecule has 0 radical (unpaired) electrons. The Hall–Kier alpha value is -2.28. The lowest BCUT2D eigenvalue weighted by molar-refractivity contribution is 0.145. The molecule has 28 heavy (non-hydrogen) atoms. The molecule has 0 amide bonds. The molecule has 0 fully saturated rings. The Balaban J connectivity index is 1.88. The van der Waals surface area contributed by atoms with Gasteiger partial charge >= 0.3 is 0 Å². The van der Waals surface area contributed by atoms with E-state index < -0.39 is 0 Å². The third-order valence-corrected chi connectivity index (χ3v) is 4.58. The first-order valence-electron chi connectivity index (χ1n) is 10.3. The number of nitrogens with zero attached hydrogens (tertiary/aromatic N) is 2. The van der Waals surface area contributed by atoms with E-state index in [9.17, 15) is 0 Å². The molecule has 2 heterocycles. The number of hydrogen-bond acceptors (Lipinski definition) is 5. The highest BCUT2D eigenvalue weighted by molar-refractivity contribution is 5.79. The summed E-state index contributed by atoms with van der Waals surface area (Å²) in [5.74, 6) is 2.93. The van der Waals surface area contributed by atoms with Crippen molar-refractivity contribution in [1.29, 1.82) is 0 Å². The van der Waals surface area contributed by atoms with Gasteiger partial charge in [-0.25, -0.2) is 4.99 Å². The van der Waals surface area contributed by atoms with E-state index in [-0.39, 0.29) is 0 Å². The van der Waals surface area contributed by atoms with Crippen molar-refractivity contribution in [2.24, 2.45) is 4.99 Å². The van der Waals surface area contributed by atoms with Crippen LogP contribution in [-0.4, -0.2) is 37.4 Å². The normalized spacial score (nSPS) is 11.9. The molecule has 0 unspecified atom stereocenters. The molecule has 0 saturated heterocycles. The Labute approximate surface area is 167 Å². The number of aromatic nitrogens is 1. The number of guanidine groups is 1. The number of rotatable bonds is 13. The number of ether oxygens (including phenoxy) is 1.